The largest absolute Gasteiger partial charge is 0.497 e. The lowest BCUT2D eigenvalue weighted by Gasteiger charge is -2.51. The molecule has 46 heavy (non-hydrogen) atoms. The first-order chi connectivity index (χ1) is 22.0. The minimum Gasteiger partial charge on any atom is -0.497 e. The van der Waals surface area contributed by atoms with E-state index >= 15 is 4.39 Å². The number of ether oxygens (including phenoxy) is 3. The van der Waals surface area contributed by atoms with Crippen LogP contribution in [0.3, 0.4) is 0 Å². The van der Waals surface area contributed by atoms with E-state index < -0.39 is 44.8 Å². The van der Waals surface area contributed by atoms with E-state index in [9.17, 15) is 18.6 Å². The molecule has 3 aromatic carbocycles. The molecule has 0 spiro atoms. The van der Waals surface area contributed by atoms with Crippen molar-refractivity contribution in [1.82, 2.24) is 19.5 Å². The average Bonchev–Trinajstić information content (AvgIpc) is 3.63. The summed E-state index contributed by atoms with van der Waals surface area (Å²) in [4.78, 5) is 9.10. The van der Waals surface area contributed by atoms with Crippen LogP contribution in [0.4, 0.5) is 10.2 Å². The number of hydrogen-bond donors (Lipinski definition) is 3. The van der Waals surface area contributed by atoms with Gasteiger partial charge in [-0.3, -0.25) is 4.57 Å². The predicted molar refractivity (Wildman–Crippen MR) is 167 cm³/mol. The number of methoxy groups -OCH3 is 2. The number of hydrogen-bond acceptors (Lipinski definition) is 11. The molecule has 6 rings (SSSR count). The first-order valence-corrected chi connectivity index (χ1v) is 16.0. The second-order valence-electron chi connectivity index (χ2n) is 11.0. The van der Waals surface area contributed by atoms with Gasteiger partial charge in [0.05, 0.1) is 32.6 Å². The molecular formula is C32H32FN5O7S. The maximum absolute atomic E-state index is 16.2. The van der Waals surface area contributed by atoms with Crippen molar-refractivity contribution in [3.8, 4) is 11.5 Å². The van der Waals surface area contributed by atoms with Gasteiger partial charge in [0, 0.05) is 6.26 Å². The third kappa shape index (κ3) is 4.28. The minimum atomic E-state index is -4.80. The molecule has 1 unspecified atom stereocenters. The molecule has 0 saturated carbocycles. The van der Waals surface area contributed by atoms with Crippen molar-refractivity contribution >= 4 is 26.8 Å². The molecule has 1 saturated heterocycles. The summed E-state index contributed by atoms with van der Waals surface area (Å²) >= 11 is 0. The number of rotatable bonds is 9. The second kappa shape index (κ2) is 11.3. The zero-order valence-electron chi connectivity index (χ0n) is 25.1. The van der Waals surface area contributed by atoms with E-state index in [1.54, 1.807) is 78.9 Å². The number of nitrogens with zero attached hydrogens (tertiary/aromatic N) is 4. The topological polar surface area (TPSA) is 172 Å². The number of sulfone groups is 1. The van der Waals surface area contributed by atoms with Crippen LogP contribution in [0.25, 0.3) is 11.2 Å². The maximum Gasteiger partial charge on any atom is 0.250 e. The fourth-order valence-electron chi connectivity index (χ4n) is 6.56. The number of nitrogen functional groups attached to an aromatic ring is 1. The summed E-state index contributed by atoms with van der Waals surface area (Å²) in [5.74, 6) is 0.947. The quantitative estimate of drug-likeness (QED) is 0.201. The minimum absolute atomic E-state index is 0.0232. The smallest absolute Gasteiger partial charge is 0.250 e. The van der Waals surface area contributed by atoms with Gasteiger partial charge in [-0.15, -0.1) is 0 Å². The number of fused-ring (bicyclic) bond motifs is 1. The highest BCUT2D eigenvalue weighted by molar-refractivity contribution is 7.92. The summed E-state index contributed by atoms with van der Waals surface area (Å²) in [7, 11) is -1.80. The summed E-state index contributed by atoms with van der Waals surface area (Å²) in [6, 6.07) is 22.2. The molecule has 1 aliphatic rings. The third-order valence-electron chi connectivity index (χ3n) is 8.77. The van der Waals surface area contributed by atoms with Gasteiger partial charge >= 0.3 is 0 Å². The van der Waals surface area contributed by atoms with Crippen LogP contribution in [0.15, 0.2) is 91.5 Å². The van der Waals surface area contributed by atoms with E-state index in [0.717, 1.165) is 17.2 Å². The van der Waals surface area contributed by atoms with Crippen molar-refractivity contribution in [2.75, 3.05) is 32.8 Å². The van der Waals surface area contributed by atoms with E-state index in [-0.39, 0.29) is 17.0 Å². The highest BCUT2D eigenvalue weighted by Crippen LogP contribution is 2.56. The number of halogens is 1. The monoisotopic (exact) mass is 649 g/mol. The summed E-state index contributed by atoms with van der Waals surface area (Å²) < 4.78 is 61.5. The lowest BCUT2D eigenvalue weighted by Crippen LogP contribution is -2.70. The molecule has 14 heteroatoms. The van der Waals surface area contributed by atoms with Crippen LogP contribution in [-0.2, 0) is 25.7 Å². The number of aromatic nitrogens is 4. The molecule has 4 atom stereocenters. The number of imidazole rings is 1. The van der Waals surface area contributed by atoms with E-state index in [1.807, 2.05) is 0 Å². The molecule has 0 amide bonds. The van der Waals surface area contributed by atoms with Crippen LogP contribution in [0, 0.1) is 0 Å². The predicted octanol–water partition coefficient (Wildman–Crippen LogP) is 2.58. The van der Waals surface area contributed by atoms with Gasteiger partial charge in [0.1, 0.15) is 29.4 Å². The molecule has 4 N–H and O–H groups in total. The third-order valence-corrected chi connectivity index (χ3v) is 10.5. The Labute approximate surface area is 264 Å². The Hall–Kier alpha value is -4.63. The van der Waals surface area contributed by atoms with Gasteiger partial charge in [0.25, 0.3) is 4.93 Å². The number of anilines is 1. The molecule has 12 nitrogen and oxygen atoms in total. The standard InChI is InChI=1S/C32H32FN5O7S/c1-43-23-13-9-21(10-14-23)30(20-7-5-4-6-8-20,22-11-15-24(44-2)16-12-22)29(39)31(32(40,46(3,41)42)25(33)17-45-31)38-19-37-26-27(34)35-18-36-28(26)38/h4-16,18-19,25,29,39-40H,17H2,1-3H3,(H2,34,35,36)/t25-,29?,31+,32-/m1/s1. The molecule has 5 aromatic rings. The van der Waals surface area contributed by atoms with Crippen LogP contribution < -0.4 is 15.2 Å². The molecule has 3 heterocycles. The lowest BCUT2D eigenvalue weighted by atomic mass is 9.62. The molecule has 240 valence electrons. The Morgan fingerprint density at radius 3 is 2.02 bits per heavy atom. The Morgan fingerprint density at radius 1 is 0.957 bits per heavy atom. The Balaban J connectivity index is 1.80. The van der Waals surface area contributed by atoms with Crippen molar-refractivity contribution in [3.05, 3.63) is 108 Å². The SMILES string of the molecule is COc1ccc(C(c2ccccc2)(c2ccc(OC)cc2)C(O)[C@]2(n3cnc4c(N)ncnc43)OC[C@@H](F)[C@@]2(O)S(C)(=O)=O)cc1. The van der Waals surface area contributed by atoms with Crippen LogP contribution >= 0.6 is 0 Å². The Morgan fingerprint density at radius 2 is 1.50 bits per heavy atom. The summed E-state index contributed by atoms with van der Waals surface area (Å²) in [5, 5.41) is 25.6. The molecule has 1 fully saturated rings. The van der Waals surface area contributed by atoms with Crippen molar-refractivity contribution in [2.45, 2.75) is 28.3 Å². The molecule has 2 aromatic heterocycles. The molecule has 0 bridgehead atoms. The molecular weight excluding hydrogens is 617 g/mol. The number of alkyl halides is 1. The summed E-state index contributed by atoms with van der Waals surface area (Å²) in [6.45, 7) is -0.892. The van der Waals surface area contributed by atoms with Gasteiger partial charge in [-0.1, -0.05) is 54.6 Å². The highest BCUT2D eigenvalue weighted by atomic mass is 32.2. The maximum atomic E-state index is 16.2. The van der Waals surface area contributed by atoms with Crippen molar-refractivity contribution in [1.29, 1.82) is 0 Å². The van der Waals surface area contributed by atoms with Gasteiger partial charge in [0.2, 0.25) is 5.72 Å². The van der Waals surface area contributed by atoms with Gasteiger partial charge in [-0.25, -0.2) is 27.8 Å². The van der Waals surface area contributed by atoms with E-state index in [2.05, 4.69) is 15.0 Å². The summed E-state index contributed by atoms with van der Waals surface area (Å²) in [6.07, 6.45) is -1.73. The Kier molecular flexibility index (Phi) is 7.71. The fourth-order valence-corrected chi connectivity index (χ4v) is 7.89. The van der Waals surface area contributed by atoms with E-state index in [0.29, 0.717) is 34.4 Å². The van der Waals surface area contributed by atoms with Crippen molar-refractivity contribution in [2.24, 2.45) is 0 Å². The van der Waals surface area contributed by atoms with Crippen molar-refractivity contribution < 1.29 is 37.2 Å². The summed E-state index contributed by atoms with van der Waals surface area (Å²) in [5.41, 5.74) is 2.72. The lowest BCUT2D eigenvalue weighted by molar-refractivity contribution is -0.215. The first-order valence-electron chi connectivity index (χ1n) is 14.1. The van der Waals surface area contributed by atoms with E-state index in [4.69, 9.17) is 19.9 Å². The van der Waals surface area contributed by atoms with Crippen LogP contribution in [-0.4, -0.2) is 82.4 Å². The van der Waals surface area contributed by atoms with E-state index in [1.165, 1.54) is 14.2 Å². The van der Waals surface area contributed by atoms with Gasteiger partial charge in [0.15, 0.2) is 27.5 Å². The normalized spacial score (nSPS) is 22.5. The van der Waals surface area contributed by atoms with Gasteiger partial charge in [-0.05, 0) is 41.0 Å². The number of nitrogens with two attached hydrogens (primary N) is 1. The average molecular weight is 650 g/mol. The van der Waals surface area contributed by atoms with Crippen LogP contribution in [0.2, 0.25) is 0 Å². The molecule has 0 aliphatic carbocycles. The zero-order chi connectivity index (χ0) is 32.9. The Bertz CT molecular complexity index is 1930. The molecule has 1 aliphatic heterocycles. The number of aliphatic hydroxyl groups excluding tert-OH is 1. The van der Waals surface area contributed by atoms with Gasteiger partial charge < -0.3 is 30.2 Å². The highest BCUT2D eigenvalue weighted by Gasteiger charge is 2.76. The second-order valence-corrected chi connectivity index (χ2v) is 13.2. The fraction of sp³-hybridized carbons (Fsp3) is 0.281. The first kappa shape index (κ1) is 31.4. The van der Waals surface area contributed by atoms with Gasteiger partial charge in [-0.2, -0.15) is 0 Å². The number of benzene rings is 3. The van der Waals surface area contributed by atoms with Crippen molar-refractivity contribution in [3.63, 3.8) is 0 Å². The number of aliphatic hydroxyl groups is 2. The molecule has 0 radical (unpaired) electrons. The van der Waals surface area contributed by atoms with Crippen LogP contribution in [0.5, 0.6) is 11.5 Å². The van der Waals surface area contributed by atoms with Crippen LogP contribution in [0.1, 0.15) is 16.7 Å². The zero-order valence-corrected chi connectivity index (χ0v) is 25.9.